The highest BCUT2D eigenvalue weighted by atomic mass is 16.5. The molecule has 0 aromatic heterocycles. The SMILES string of the molecule is COC(=O)[C@@H]1[C@H]([C@@H](C)O)C(=O)N1c1ccc(OC)cc1. The number of carbonyl (C=O) groups excluding carboxylic acids is 2. The monoisotopic (exact) mass is 279 g/mol. The molecule has 1 heterocycles. The zero-order chi connectivity index (χ0) is 14.9. The third kappa shape index (κ3) is 2.22. The van der Waals surface area contributed by atoms with Crippen LogP contribution in [0.25, 0.3) is 0 Å². The number of β-lactam (4-membered cyclic amide) rings is 1. The summed E-state index contributed by atoms with van der Waals surface area (Å²) in [5, 5.41) is 9.63. The Morgan fingerprint density at radius 3 is 2.35 bits per heavy atom. The number of anilines is 1. The lowest BCUT2D eigenvalue weighted by molar-refractivity contribution is -0.155. The second kappa shape index (κ2) is 5.50. The predicted octanol–water partition coefficient (Wildman–Crippen LogP) is 0.580. The van der Waals surface area contributed by atoms with Gasteiger partial charge in [0.15, 0.2) is 0 Å². The zero-order valence-electron chi connectivity index (χ0n) is 11.6. The van der Waals surface area contributed by atoms with Gasteiger partial charge in [0, 0.05) is 5.69 Å². The maximum Gasteiger partial charge on any atom is 0.329 e. The number of carbonyl (C=O) groups is 2. The van der Waals surface area contributed by atoms with Gasteiger partial charge in [0.1, 0.15) is 11.8 Å². The minimum atomic E-state index is -0.902. The first-order chi connectivity index (χ1) is 9.51. The van der Waals surface area contributed by atoms with Crippen molar-refractivity contribution in [3.63, 3.8) is 0 Å². The van der Waals surface area contributed by atoms with Gasteiger partial charge in [-0.25, -0.2) is 4.79 Å². The van der Waals surface area contributed by atoms with Gasteiger partial charge in [-0.3, -0.25) is 9.69 Å². The van der Waals surface area contributed by atoms with Gasteiger partial charge in [0.05, 0.1) is 26.2 Å². The fourth-order valence-corrected chi connectivity index (χ4v) is 2.38. The topological polar surface area (TPSA) is 76.1 Å². The third-order valence-electron chi connectivity index (χ3n) is 3.45. The summed E-state index contributed by atoms with van der Waals surface area (Å²) in [6, 6.07) is 5.98. The van der Waals surface area contributed by atoms with E-state index in [1.54, 1.807) is 31.4 Å². The van der Waals surface area contributed by atoms with Gasteiger partial charge in [-0.05, 0) is 31.2 Å². The summed E-state index contributed by atoms with van der Waals surface area (Å²) >= 11 is 0. The van der Waals surface area contributed by atoms with Gasteiger partial charge in [-0.1, -0.05) is 0 Å². The number of amides is 1. The van der Waals surface area contributed by atoms with E-state index in [9.17, 15) is 14.7 Å². The molecule has 0 aliphatic carbocycles. The maximum atomic E-state index is 12.1. The normalized spacial score (nSPS) is 23.0. The van der Waals surface area contributed by atoms with Crippen LogP contribution in [0.2, 0.25) is 0 Å². The molecule has 1 saturated heterocycles. The van der Waals surface area contributed by atoms with Crippen molar-refractivity contribution in [1.29, 1.82) is 0 Å². The second-order valence-electron chi connectivity index (χ2n) is 4.64. The Bertz CT molecular complexity index is 511. The van der Waals surface area contributed by atoms with Crippen LogP contribution in [0.1, 0.15) is 6.92 Å². The van der Waals surface area contributed by atoms with E-state index >= 15 is 0 Å². The molecule has 1 N–H and O–H groups in total. The molecule has 6 nitrogen and oxygen atoms in total. The molecular weight excluding hydrogens is 262 g/mol. The van der Waals surface area contributed by atoms with E-state index in [0.29, 0.717) is 11.4 Å². The number of hydrogen-bond acceptors (Lipinski definition) is 5. The number of hydrogen-bond donors (Lipinski definition) is 1. The molecule has 20 heavy (non-hydrogen) atoms. The summed E-state index contributed by atoms with van der Waals surface area (Å²) in [7, 11) is 2.81. The van der Waals surface area contributed by atoms with E-state index in [-0.39, 0.29) is 5.91 Å². The lowest BCUT2D eigenvalue weighted by Crippen LogP contribution is -2.68. The Morgan fingerprint density at radius 2 is 1.90 bits per heavy atom. The van der Waals surface area contributed by atoms with E-state index in [4.69, 9.17) is 9.47 Å². The van der Waals surface area contributed by atoms with Crippen LogP contribution >= 0.6 is 0 Å². The van der Waals surface area contributed by atoms with E-state index in [1.807, 2.05) is 0 Å². The first-order valence-electron chi connectivity index (χ1n) is 6.24. The molecule has 2 rings (SSSR count). The average molecular weight is 279 g/mol. The van der Waals surface area contributed by atoms with Gasteiger partial charge in [-0.2, -0.15) is 0 Å². The molecule has 1 fully saturated rings. The summed E-state index contributed by atoms with van der Waals surface area (Å²) in [4.78, 5) is 25.3. The molecule has 6 heteroatoms. The fourth-order valence-electron chi connectivity index (χ4n) is 2.38. The second-order valence-corrected chi connectivity index (χ2v) is 4.64. The average Bonchev–Trinajstić information content (AvgIpc) is 2.44. The third-order valence-corrected chi connectivity index (χ3v) is 3.45. The highest BCUT2D eigenvalue weighted by molar-refractivity contribution is 6.11. The molecular formula is C14H17NO5. The number of benzene rings is 1. The molecule has 1 aliphatic rings. The van der Waals surface area contributed by atoms with Gasteiger partial charge < -0.3 is 14.6 Å². The highest BCUT2D eigenvalue weighted by Crippen LogP contribution is 2.36. The number of rotatable bonds is 4. The van der Waals surface area contributed by atoms with Crippen LogP contribution in [0.3, 0.4) is 0 Å². The molecule has 0 radical (unpaired) electrons. The Labute approximate surface area is 116 Å². The fraction of sp³-hybridized carbons (Fsp3) is 0.429. The van der Waals surface area contributed by atoms with Crippen LogP contribution in [0.5, 0.6) is 5.75 Å². The Morgan fingerprint density at radius 1 is 1.30 bits per heavy atom. The van der Waals surface area contributed by atoms with Crippen LogP contribution in [0, 0.1) is 5.92 Å². The van der Waals surface area contributed by atoms with Crippen LogP contribution in [-0.2, 0) is 14.3 Å². The highest BCUT2D eigenvalue weighted by Gasteiger charge is 2.54. The van der Waals surface area contributed by atoms with Gasteiger partial charge in [-0.15, -0.1) is 0 Å². The number of nitrogens with zero attached hydrogens (tertiary/aromatic N) is 1. The van der Waals surface area contributed by atoms with Crippen LogP contribution in [-0.4, -0.2) is 43.3 Å². The van der Waals surface area contributed by atoms with E-state index in [1.165, 1.54) is 18.9 Å². The molecule has 0 bridgehead atoms. The quantitative estimate of drug-likeness (QED) is 0.644. The zero-order valence-corrected chi connectivity index (χ0v) is 11.6. The van der Waals surface area contributed by atoms with Crippen molar-refractivity contribution in [3.8, 4) is 5.75 Å². The molecule has 3 atom stereocenters. The summed E-state index contributed by atoms with van der Waals surface area (Å²) in [5.41, 5.74) is 0.572. The van der Waals surface area contributed by atoms with Crippen molar-refractivity contribution in [2.24, 2.45) is 5.92 Å². The van der Waals surface area contributed by atoms with Gasteiger partial charge >= 0.3 is 5.97 Å². The predicted molar refractivity (Wildman–Crippen MR) is 71.5 cm³/mol. The largest absolute Gasteiger partial charge is 0.497 e. The van der Waals surface area contributed by atoms with E-state index < -0.39 is 24.0 Å². The lowest BCUT2D eigenvalue weighted by atomic mass is 9.82. The minimum Gasteiger partial charge on any atom is -0.497 e. The molecule has 1 aromatic rings. The van der Waals surface area contributed by atoms with Crippen molar-refractivity contribution in [2.75, 3.05) is 19.1 Å². The van der Waals surface area contributed by atoms with Crippen LogP contribution in [0.4, 0.5) is 5.69 Å². The molecule has 1 amide bonds. The Balaban J connectivity index is 2.29. The van der Waals surface area contributed by atoms with Crippen LogP contribution < -0.4 is 9.64 Å². The molecule has 0 saturated carbocycles. The number of methoxy groups -OCH3 is 2. The first-order valence-corrected chi connectivity index (χ1v) is 6.24. The van der Waals surface area contributed by atoms with Gasteiger partial charge in [0.2, 0.25) is 5.91 Å². The number of aliphatic hydroxyl groups excluding tert-OH is 1. The van der Waals surface area contributed by atoms with Crippen LogP contribution in [0.15, 0.2) is 24.3 Å². The van der Waals surface area contributed by atoms with E-state index in [0.717, 1.165) is 0 Å². The summed E-state index contributed by atoms with van der Waals surface area (Å²) in [5.74, 6) is -0.931. The standard InChI is InChI=1S/C14H17NO5/c1-8(16)11-12(14(18)20-3)15(13(11)17)9-4-6-10(19-2)7-5-9/h4-8,11-12,16H,1-3H3/t8-,11+,12+/m1/s1. The summed E-state index contributed by atoms with van der Waals surface area (Å²) in [6.07, 6.45) is -0.902. The van der Waals surface area contributed by atoms with E-state index in [2.05, 4.69) is 0 Å². The molecule has 108 valence electrons. The summed E-state index contributed by atoms with van der Waals surface area (Å²) < 4.78 is 9.76. The van der Waals surface area contributed by atoms with Crippen molar-refractivity contribution in [3.05, 3.63) is 24.3 Å². The van der Waals surface area contributed by atoms with Crippen molar-refractivity contribution < 1.29 is 24.2 Å². The van der Waals surface area contributed by atoms with Crippen molar-refractivity contribution in [2.45, 2.75) is 19.1 Å². The lowest BCUT2D eigenvalue weighted by Gasteiger charge is -2.46. The first kappa shape index (κ1) is 14.3. The smallest absolute Gasteiger partial charge is 0.329 e. The number of esters is 1. The molecule has 0 unspecified atom stereocenters. The maximum absolute atomic E-state index is 12.1. The molecule has 0 spiro atoms. The minimum absolute atomic E-state index is 0.291. The van der Waals surface area contributed by atoms with Gasteiger partial charge in [0.25, 0.3) is 0 Å². The summed E-state index contributed by atoms with van der Waals surface area (Å²) in [6.45, 7) is 1.49. The number of aliphatic hydroxyl groups is 1. The Kier molecular flexibility index (Phi) is 3.94. The number of ether oxygens (including phenoxy) is 2. The van der Waals surface area contributed by atoms with Crippen molar-refractivity contribution >= 4 is 17.6 Å². The Hall–Kier alpha value is -2.08. The molecule has 1 aliphatic heterocycles. The van der Waals surface area contributed by atoms with Crippen molar-refractivity contribution in [1.82, 2.24) is 0 Å². The molecule has 1 aromatic carbocycles.